The number of hydrogen-bond acceptors (Lipinski definition) is 2. The van der Waals surface area contributed by atoms with Crippen molar-refractivity contribution in [1.82, 2.24) is 0 Å². The molecule has 2 nitrogen and oxygen atoms in total. The van der Waals surface area contributed by atoms with Crippen molar-refractivity contribution in [2.75, 3.05) is 13.2 Å². The molecule has 0 amide bonds. The van der Waals surface area contributed by atoms with Crippen LogP contribution in [0.4, 0.5) is 0 Å². The summed E-state index contributed by atoms with van der Waals surface area (Å²) in [5.74, 6) is 0.742. The van der Waals surface area contributed by atoms with E-state index < -0.39 is 18.4 Å². The fourth-order valence-electron chi connectivity index (χ4n) is 5.35. The van der Waals surface area contributed by atoms with Crippen molar-refractivity contribution in [3.05, 3.63) is 0 Å². The zero-order valence-electron chi connectivity index (χ0n) is 16.7. The molecule has 0 N–H and O–H groups in total. The van der Waals surface area contributed by atoms with Gasteiger partial charge in [0.2, 0.25) is 0 Å². The fourth-order valence-corrected chi connectivity index (χ4v) is 25.6. The van der Waals surface area contributed by atoms with Crippen LogP contribution in [0.1, 0.15) is 85.0 Å². The normalized spacial score (nSPS) is 26.1. The molecule has 1 heterocycles. The van der Waals surface area contributed by atoms with E-state index in [9.17, 15) is 0 Å². The molecule has 142 valence electrons. The van der Waals surface area contributed by atoms with Crippen LogP contribution in [0.5, 0.6) is 0 Å². The summed E-state index contributed by atoms with van der Waals surface area (Å²) in [5, 5.41) is 0. The van der Waals surface area contributed by atoms with Crippen LogP contribution < -0.4 is 0 Å². The molecule has 2 aliphatic rings. The topological polar surface area (TPSA) is 18.5 Å². The Bertz CT molecular complexity index is 306. The maximum atomic E-state index is 6.11. The van der Waals surface area contributed by atoms with Gasteiger partial charge in [-0.15, -0.1) is 0 Å². The van der Waals surface area contributed by atoms with Gasteiger partial charge in [-0.05, 0) is 0 Å². The molecule has 0 aromatic rings. The molecule has 0 spiro atoms. The van der Waals surface area contributed by atoms with E-state index in [1.807, 2.05) is 0 Å². The second-order valence-electron chi connectivity index (χ2n) is 8.34. The predicted octanol–water partition coefficient (Wildman–Crippen LogP) is 6.77. The average molecular weight is 445 g/mol. The molecule has 2 fully saturated rings. The molecule has 0 aromatic heterocycles. The summed E-state index contributed by atoms with van der Waals surface area (Å²) in [5.41, 5.74) is 0. The second kappa shape index (κ2) is 11.4. The Morgan fingerprint density at radius 2 is 1.29 bits per heavy atom. The third-order valence-corrected chi connectivity index (χ3v) is 24.7. The van der Waals surface area contributed by atoms with Gasteiger partial charge >= 0.3 is 155 Å². The monoisotopic (exact) mass is 446 g/mol. The Labute approximate surface area is 155 Å². The molecule has 1 aliphatic carbocycles. The summed E-state index contributed by atoms with van der Waals surface area (Å²) in [4.78, 5) is 0. The molecule has 2 atom stereocenters. The van der Waals surface area contributed by atoms with Crippen LogP contribution in [0.3, 0.4) is 0 Å². The van der Waals surface area contributed by atoms with Crippen molar-refractivity contribution in [1.29, 1.82) is 0 Å². The van der Waals surface area contributed by atoms with E-state index in [2.05, 4.69) is 20.8 Å². The Kier molecular flexibility index (Phi) is 10.0. The van der Waals surface area contributed by atoms with Crippen LogP contribution in [-0.2, 0) is 9.47 Å². The molecule has 0 aromatic carbocycles. The summed E-state index contributed by atoms with van der Waals surface area (Å²) >= 11 is -2.14. The quantitative estimate of drug-likeness (QED) is 0.327. The Hall–Kier alpha value is 0.719. The first kappa shape index (κ1) is 21.0. The summed E-state index contributed by atoms with van der Waals surface area (Å²) in [6.45, 7) is 9.01. The van der Waals surface area contributed by atoms with E-state index in [-0.39, 0.29) is 6.29 Å². The fraction of sp³-hybridized carbons (Fsp3) is 1.00. The van der Waals surface area contributed by atoms with Gasteiger partial charge in [0.1, 0.15) is 0 Å². The first-order valence-electron chi connectivity index (χ1n) is 11.0. The van der Waals surface area contributed by atoms with Gasteiger partial charge in [-0.3, -0.25) is 0 Å². The minimum absolute atomic E-state index is 0.146. The maximum absolute atomic E-state index is 6.11. The van der Waals surface area contributed by atoms with Gasteiger partial charge in [0.05, 0.1) is 0 Å². The van der Waals surface area contributed by atoms with Gasteiger partial charge in [-0.1, -0.05) is 0 Å². The first-order valence-corrected chi connectivity index (χ1v) is 18.7. The standard InChI is InChI=1S/C9H15O2.3C4H9.Sn/c1-2-5-8(4-1)9-10-6-3-7-11-9;3*1-3-4-2;/h4,8-9H,1-3,5-7H2;3*1,3-4H2,2H3;. The van der Waals surface area contributed by atoms with Crippen LogP contribution in [-0.4, -0.2) is 37.9 Å². The number of hydrogen-bond donors (Lipinski definition) is 0. The van der Waals surface area contributed by atoms with Crippen molar-refractivity contribution >= 4 is 18.4 Å². The molecular formula is C21H42O2Sn. The van der Waals surface area contributed by atoms with Gasteiger partial charge in [0.25, 0.3) is 0 Å². The van der Waals surface area contributed by atoms with Crippen molar-refractivity contribution in [2.24, 2.45) is 5.92 Å². The molecule has 2 rings (SSSR count). The molecule has 0 radical (unpaired) electrons. The number of unbranched alkanes of at least 4 members (excludes halogenated alkanes) is 3. The van der Waals surface area contributed by atoms with E-state index in [0.717, 1.165) is 29.5 Å². The first-order chi connectivity index (χ1) is 11.8. The van der Waals surface area contributed by atoms with Crippen LogP contribution >= 0.6 is 0 Å². The van der Waals surface area contributed by atoms with Gasteiger partial charge in [0.15, 0.2) is 0 Å². The van der Waals surface area contributed by atoms with Gasteiger partial charge in [-0.25, -0.2) is 0 Å². The second-order valence-corrected chi connectivity index (χ2v) is 22.5. The molecule has 24 heavy (non-hydrogen) atoms. The van der Waals surface area contributed by atoms with Crippen LogP contribution in [0.25, 0.3) is 0 Å². The third-order valence-electron chi connectivity index (χ3n) is 6.64. The SMILES string of the molecule is CCC[CH2][Sn]([CH2]CCC)([CH2]CCC)[CH]1CCCC1C1OCCCO1. The van der Waals surface area contributed by atoms with Crippen molar-refractivity contribution in [3.8, 4) is 0 Å². The summed E-state index contributed by atoms with van der Waals surface area (Å²) in [7, 11) is 0. The van der Waals surface area contributed by atoms with Crippen LogP contribution in [0.15, 0.2) is 0 Å². The average Bonchev–Trinajstić information content (AvgIpc) is 3.12. The van der Waals surface area contributed by atoms with Crippen LogP contribution in [0, 0.1) is 5.92 Å². The predicted molar refractivity (Wildman–Crippen MR) is 106 cm³/mol. The van der Waals surface area contributed by atoms with Gasteiger partial charge in [0, 0.05) is 0 Å². The van der Waals surface area contributed by atoms with E-state index in [0.29, 0.717) is 0 Å². The van der Waals surface area contributed by atoms with E-state index in [4.69, 9.17) is 9.47 Å². The zero-order valence-corrected chi connectivity index (χ0v) is 19.5. The van der Waals surface area contributed by atoms with Crippen molar-refractivity contribution in [2.45, 2.75) is 109 Å². The molecule has 1 saturated carbocycles. The number of ether oxygens (including phenoxy) is 2. The molecular weight excluding hydrogens is 403 g/mol. The summed E-state index contributed by atoms with van der Waals surface area (Å²) in [6.07, 6.45) is 14.1. The van der Waals surface area contributed by atoms with Crippen LogP contribution in [0.2, 0.25) is 17.2 Å². The Morgan fingerprint density at radius 3 is 1.79 bits per heavy atom. The minimum atomic E-state index is -2.14. The van der Waals surface area contributed by atoms with Crippen molar-refractivity contribution < 1.29 is 9.47 Å². The van der Waals surface area contributed by atoms with Crippen molar-refractivity contribution in [3.63, 3.8) is 0 Å². The number of rotatable bonds is 11. The van der Waals surface area contributed by atoms with E-state index in [1.54, 1.807) is 13.3 Å². The van der Waals surface area contributed by atoms with Gasteiger partial charge < -0.3 is 0 Å². The van der Waals surface area contributed by atoms with E-state index in [1.165, 1.54) is 57.8 Å². The summed E-state index contributed by atoms with van der Waals surface area (Å²) in [6, 6.07) is 0. The molecule has 0 bridgehead atoms. The van der Waals surface area contributed by atoms with Gasteiger partial charge in [-0.2, -0.15) is 0 Å². The third kappa shape index (κ3) is 5.61. The zero-order chi connectivity index (χ0) is 17.3. The molecule has 1 saturated heterocycles. The Balaban J connectivity index is 2.16. The summed E-state index contributed by atoms with van der Waals surface area (Å²) < 4.78 is 18.2. The molecule has 2 unspecified atom stereocenters. The van der Waals surface area contributed by atoms with E-state index >= 15 is 0 Å². The molecule has 3 heteroatoms. The molecule has 1 aliphatic heterocycles. The Morgan fingerprint density at radius 1 is 0.750 bits per heavy atom.